The lowest BCUT2D eigenvalue weighted by atomic mass is 10.2. The number of H-pyrrole nitrogens is 1. The van der Waals surface area contributed by atoms with E-state index < -0.39 is 11.8 Å². The molecular weight excluding hydrogens is 430 g/mol. The van der Waals surface area contributed by atoms with Crippen LogP contribution in [-0.4, -0.2) is 47.0 Å². The topological polar surface area (TPSA) is 118 Å². The molecule has 0 spiro atoms. The highest BCUT2D eigenvalue weighted by Crippen LogP contribution is 2.28. The van der Waals surface area contributed by atoms with Crippen LogP contribution in [0.2, 0.25) is 5.02 Å². The van der Waals surface area contributed by atoms with Gasteiger partial charge in [-0.2, -0.15) is 0 Å². The second-order valence-corrected chi connectivity index (χ2v) is 7.24. The summed E-state index contributed by atoms with van der Waals surface area (Å²) in [6.07, 6.45) is 0. The Hall–Kier alpha value is -3.24. The molecule has 3 aromatic rings. The summed E-state index contributed by atoms with van der Waals surface area (Å²) in [5, 5.41) is 7.81. The minimum absolute atomic E-state index is 0.0135. The van der Waals surface area contributed by atoms with E-state index in [4.69, 9.17) is 21.1 Å². The van der Waals surface area contributed by atoms with Gasteiger partial charge in [-0.3, -0.25) is 25.5 Å². The second-order valence-electron chi connectivity index (χ2n) is 5.87. The number of carbonyl (C=O) groups excluding carboxylic acids is 2. The number of methoxy groups -OCH3 is 2. The number of carbonyl (C=O) groups is 2. The maximum Gasteiger partial charge on any atom is 0.269 e. The Morgan fingerprint density at radius 2 is 1.73 bits per heavy atom. The predicted octanol–water partition coefficient (Wildman–Crippen LogP) is 2.70. The van der Waals surface area contributed by atoms with Gasteiger partial charge in [0.2, 0.25) is 11.1 Å². The molecule has 156 valence electrons. The van der Waals surface area contributed by atoms with Crippen LogP contribution in [0.15, 0.2) is 47.6 Å². The lowest BCUT2D eigenvalue weighted by molar-refractivity contribution is -0.119. The van der Waals surface area contributed by atoms with E-state index >= 15 is 0 Å². The maximum atomic E-state index is 12.0. The van der Waals surface area contributed by atoms with Gasteiger partial charge in [-0.1, -0.05) is 23.4 Å². The zero-order valence-electron chi connectivity index (χ0n) is 16.1. The molecule has 0 unspecified atom stereocenters. The van der Waals surface area contributed by atoms with Crippen molar-refractivity contribution in [3.05, 3.63) is 53.1 Å². The molecule has 2 aromatic carbocycles. The van der Waals surface area contributed by atoms with Crippen LogP contribution in [0.3, 0.4) is 0 Å². The van der Waals surface area contributed by atoms with Crippen LogP contribution < -0.4 is 20.3 Å². The van der Waals surface area contributed by atoms with Gasteiger partial charge in [0, 0.05) is 22.2 Å². The summed E-state index contributed by atoms with van der Waals surface area (Å²) in [7, 11) is 3.12. The molecule has 9 nitrogen and oxygen atoms in total. The number of amides is 2. The monoisotopic (exact) mass is 447 g/mol. The van der Waals surface area contributed by atoms with Crippen molar-refractivity contribution >= 4 is 35.2 Å². The number of hydrogen-bond acceptors (Lipinski definition) is 7. The number of ether oxygens (including phenoxy) is 2. The minimum Gasteiger partial charge on any atom is -0.497 e. The van der Waals surface area contributed by atoms with E-state index in [9.17, 15) is 9.59 Å². The van der Waals surface area contributed by atoms with Gasteiger partial charge < -0.3 is 9.47 Å². The number of halogens is 1. The van der Waals surface area contributed by atoms with Crippen molar-refractivity contribution in [1.29, 1.82) is 0 Å². The molecule has 0 radical (unpaired) electrons. The lowest BCUT2D eigenvalue weighted by Gasteiger charge is -2.06. The highest BCUT2D eigenvalue weighted by Gasteiger charge is 2.12. The Balaban J connectivity index is 1.53. The summed E-state index contributed by atoms with van der Waals surface area (Å²) in [5.41, 5.74) is 5.78. The summed E-state index contributed by atoms with van der Waals surface area (Å²) < 4.78 is 10.5. The minimum atomic E-state index is -0.447. The van der Waals surface area contributed by atoms with E-state index in [1.54, 1.807) is 56.7 Å². The first kappa shape index (κ1) is 21.5. The Morgan fingerprint density at radius 3 is 2.37 bits per heavy atom. The van der Waals surface area contributed by atoms with Crippen molar-refractivity contribution in [3.63, 3.8) is 0 Å². The SMILES string of the molecule is COc1cc(OC)cc(-c2nc(SCC(=O)NNC(=O)c3ccc(Cl)cc3)n[nH]2)c1. The van der Waals surface area contributed by atoms with Crippen LogP contribution in [0.25, 0.3) is 11.4 Å². The third kappa shape index (κ3) is 5.65. The number of rotatable bonds is 7. The molecule has 0 saturated carbocycles. The Labute approximate surface area is 181 Å². The van der Waals surface area contributed by atoms with Gasteiger partial charge in [0.15, 0.2) is 5.82 Å². The Bertz CT molecular complexity index is 1020. The molecule has 0 bridgehead atoms. The summed E-state index contributed by atoms with van der Waals surface area (Å²) in [6.45, 7) is 0. The molecule has 3 N–H and O–H groups in total. The highest BCUT2D eigenvalue weighted by molar-refractivity contribution is 7.99. The number of thioether (sulfide) groups is 1. The van der Waals surface area contributed by atoms with Crippen molar-refractivity contribution < 1.29 is 19.1 Å². The number of hydrazine groups is 1. The molecular formula is C19H18ClN5O4S. The maximum absolute atomic E-state index is 12.0. The number of aromatic nitrogens is 3. The quantitative estimate of drug-likeness (QED) is 0.376. The third-order valence-corrected chi connectivity index (χ3v) is 4.94. The molecule has 1 aromatic heterocycles. The molecule has 0 aliphatic rings. The molecule has 0 aliphatic heterocycles. The molecule has 30 heavy (non-hydrogen) atoms. The lowest BCUT2D eigenvalue weighted by Crippen LogP contribution is -2.42. The summed E-state index contributed by atoms with van der Waals surface area (Å²) in [5.74, 6) is 0.899. The fourth-order valence-electron chi connectivity index (χ4n) is 2.35. The molecule has 0 aliphatic carbocycles. The molecule has 0 fully saturated rings. The molecule has 0 saturated heterocycles. The first-order valence-corrected chi connectivity index (χ1v) is 9.98. The summed E-state index contributed by atoms with van der Waals surface area (Å²) in [4.78, 5) is 28.3. The first-order valence-electron chi connectivity index (χ1n) is 8.62. The van der Waals surface area contributed by atoms with E-state index in [1.807, 2.05) is 0 Å². The smallest absolute Gasteiger partial charge is 0.269 e. The highest BCUT2D eigenvalue weighted by atomic mass is 35.5. The average molecular weight is 448 g/mol. The molecule has 2 amide bonds. The molecule has 11 heteroatoms. The molecule has 1 heterocycles. The van der Waals surface area contributed by atoms with E-state index in [-0.39, 0.29) is 5.75 Å². The van der Waals surface area contributed by atoms with Crippen LogP contribution in [0.4, 0.5) is 0 Å². The van der Waals surface area contributed by atoms with Crippen LogP contribution in [0, 0.1) is 0 Å². The number of hydrogen-bond donors (Lipinski definition) is 3. The van der Waals surface area contributed by atoms with E-state index in [0.29, 0.717) is 33.1 Å². The van der Waals surface area contributed by atoms with Crippen molar-refractivity contribution in [1.82, 2.24) is 26.0 Å². The van der Waals surface area contributed by atoms with Gasteiger partial charge in [0.25, 0.3) is 5.91 Å². The molecule has 3 rings (SSSR count). The fraction of sp³-hybridized carbons (Fsp3) is 0.158. The largest absolute Gasteiger partial charge is 0.497 e. The standard InChI is InChI=1S/C19H18ClN5O4S/c1-28-14-7-12(8-15(9-14)29-2)17-21-19(25-23-17)30-10-16(26)22-24-18(27)11-3-5-13(20)6-4-11/h3-9H,10H2,1-2H3,(H,22,26)(H,24,27)(H,21,23,25). The van der Waals surface area contributed by atoms with E-state index in [0.717, 1.165) is 17.3 Å². The van der Waals surface area contributed by atoms with E-state index in [1.165, 1.54) is 0 Å². The fourth-order valence-corrected chi connectivity index (χ4v) is 3.07. The van der Waals surface area contributed by atoms with E-state index in [2.05, 4.69) is 26.0 Å². The van der Waals surface area contributed by atoms with Crippen LogP contribution in [-0.2, 0) is 4.79 Å². The van der Waals surface area contributed by atoms with Crippen LogP contribution in [0.5, 0.6) is 11.5 Å². The Kier molecular flexibility index (Phi) is 7.15. The number of benzene rings is 2. The van der Waals surface area contributed by atoms with Crippen molar-refractivity contribution in [2.75, 3.05) is 20.0 Å². The first-order chi connectivity index (χ1) is 14.5. The van der Waals surface area contributed by atoms with Gasteiger partial charge in [-0.25, -0.2) is 4.98 Å². The van der Waals surface area contributed by atoms with Gasteiger partial charge >= 0.3 is 0 Å². The second kappa shape index (κ2) is 9.99. The van der Waals surface area contributed by atoms with Crippen molar-refractivity contribution in [2.24, 2.45) is 0 Å². The zero-order valence-corrected chi connectivity index (χ0v) is 17.6. The van der Waals surface area contributed by atoms with Gasteiger partial charge in [0.1, 0.15) is 11.5 Å². The van der Waals surface area contributed by atoms with Crippen molar-refractivity contribution in [2.45, 2.75) is 5.16 Å². The number of aromatic amines is 1. The average Bonchev–Trinajstić information content (AvgIpc) is 3.25. The normalized spacial score (nSPS) is 10.4. The Morgan fingerprint density at radius 1 is 1.07 bits per heavy atom. The zero-order chi connectivity index (χ0) is 21.5. The van der Waals surface area contributed by atoms with Gasteiger partial charge in [0.05, 0.1) is 20.0 Å². The number of nitrogens with one attached hydrogen (secondary N) is 3. The van der Waals surface area contributed by atoms with Crippen LogP contribution >= 0.6 is 23.4 Å². The number of nitrogens with zero attached hydrogens (tertiary/aromatic N) is 2. The summed E-state index contributed by atoms with van der Waals surface area (Å²) in [6, 6.07) is 11.6. The predicted molar refractivity (Wildman–Crippen MR) is 113 cm³/mol. The third-order valence-electron chi connectivity index (χ3n) is 3.84. The van der Waals surface area contributed by atoms with Gasteiger partial charge in [-0.15, -0.1) is 5.10 Å². The summed E-state index contributed by atoms with van der Waals surface area (Å²) >= 11 is 6.90. The molecule has 0 atom stereocenters. The van der Waals surface area contributed by atoms with Crippen LogP contribution in [0.1, 0.15) is 10.4 Å². The van der Waals surface area contributed by atoms with Gasteiger partial charge in [-0.05, 0) is 36.4 Å². The van der Waals surface area contributed by atoms with Crippen molar-refractivity contribution in [3.8, 4) is 22.9 Å².